The molecule has 2 aliphatic carbocycles. The summed E-state index contributed by atoms with van der Waals surface area (Å²) < 4.78 is 2.30. The van der Waals surface area contributed by atoms with E-state index in [0.29, 0.717) is 18.1 Å². The summed E-state index contributed by atoms with van der Waals surface area (Å²) >= 11 is 0. The summed E-state index contributed by atoms with van der Waals surface area (Å²) in [6.07, 6.45) is 17.8. The summed E-state index contributed by atoms with van der Waals surface area (Å²) in [5, 5.41) is 5.97. The number of hydrogen-bond donors (Lipinski definition) is 3. The van der Waals surface area contributed by atoms with Crippen LogP contribution in [0.15, 0.2) is 6.33 Å². The van der Waals surface area contributed by atoms with E-state index in [1.807, 2.05) is 6.33 Å². The average Bonchev–Trinajstić information content (AvgIpc) is 3.50. The van der Waals surface area contributed by atoms with Gasteiger partial charge in [-0.1, -0.05) is 39.0 Å². The van der Waals surface area contributed by atoms with Gasteiger partial charge in [-0.15, -0.1) is 0 Å². The van der Waals surface area contributed by atoms with Gasteiger partial charge in [0.1, 0.15) is 0 Å². The normalized spacial score (nSPS) is 25.6. The average molecular weight is 455 g/mol. The predicted octanol–water partition coefficient (Wildman–Crippen LogP) is 4.85. The second kappa shape index (κ2) is 10.6. The molecule has 3 aliphatic rings. The fraction of sp³-hybridized carbons (Fsp3) is 0.800. The van der Waals surface area contributed by atoms with Crippen LogP contribution in [-0.4, -0.2) is 49.7 Å². The van der Waals surface area contributed by atoms with Gasteiger partial charge in [0, 0.05) is 31.2 Å². The number of imidazole rings is 1. The number of hydrazine groups is 1. The Balaban J connectivity index is 1.35. The van der Waals surface area contributed by atoms with Crippen LogP contribution in [0.3, 0.4) is 0 Å². The number of unbranched alkanes of at least 4 members (excludes halogenated alkanes) is 1. The van der Waals surface area contributed by atoms with E-state index in [1.54, 1.807) is 0 Å². The van der Waals surface area contributed by atoms with E-state index in [4.69, 9.17) is 20.7 Å². The molecule has 1 aliphatic heterocycles. The molecule has 0 radical (unpaired) electrons. The molecule has 4 N–H and O–H groups in total. The minimum atomic E-state index is 0.340. The van der Waals surface area contributed by atoms with Crippen molar-refractivity contribution < 1.29 is 0 Å². The van der Waals surface area contributed by atoms with Crippen LogP contribution in [0.2, 0.25) is 0 Å². The van der Waals surface area contributed by atoms with Crippen molar-refractivity contribution in [2.24, 2.45) is 11.7 Å². The molecular weight excluding hydrogens is 412 g/mol. The molecule has 8 nitrogen and oxygen atoms in total. The highest BCUT2D eigenvalue weighted by molar-refractivity contribution is 5.84. The molecule has 8 heteroatoms. The number of anilines is 2. The van der Waals surface area contributed by atoms with Crippen LogP contribution in [0.4, 0.5) is 11.8 Å². The van der Waals surface area contributed by atoms with Gasteiger partial charge in [-0.3, -0.25) is 0 Å². The zero-order valence-electron chi connectivity index (χ0n) is 20.3. The standard InChI is InChI=1S/C25H42N8/c1-2-3-6-18-13-15-32(16-14-18)31-23-22-24(33(17-27-22)21-7-4-5-8-21)30-25(29-23)28-20-11-9-19(26)10-12-20/h17-21H,2-16,26H2,1H3,(H2,28,29,30,31). The second-order valence-corrected chi connectivity index (χ2v) is 10.6. The van der Waals surface area contributed by atoms with Gasteiger partial charge in [-0.05, 0) is 57.3 Å². The van der Waals surface area contributed by atoms with Gasteiger partial charge in [-0.2, -0.15) is 9.97 Å². The van der Waals surface area contributed by atoms with E-state index in [0.717, 1.165) is 67.6 Å². The van der Waals surface area contributed by atoms with E-state index in [-0.39, 0.29) is 0 Å². The Bertz CT molecular complexity index is 889. The number of piperidine rings is 1. The lowest BCUT2D eigenvalue weighted by Gasteiger charge is -2.32. The Morgan fingerprint density at radius 1 is 1.00 bits per heavy atom. The first-order valence-electron chi connectivity index (χ1n) is 13.5. The lowest BCUT2D eigenvalue weighted by Crippen LogP contribution is -2.38. The molecule has 0 aromatic carbocycles. The number of fused-ring (bicyclic) bond motifs is 1. The van der Waals surface area contributed by atoms with E-state index >= 15 is 0 Å². The number of aromatic nitrogens is 4. The summed E-state index contributed by atoms with van der Waals surface area (Å²) in [5.74, 6) is 2.44. The molecular formula is C25H42N8. The van der Waals surface area contributed by atoms with Crippen LogP contribution in [-0.2, 0) is 0 Å². The number of nitrogens with one attached hydrogen (secondary N) is 2. The molecule has 2 saturated carbocycles. The van der Waals surface area contributed by atoms with Gasteiger partial charge in [-0.25, -0.2) is 9.99 Å². The predicted molar refractivity (Wildman–Crippen MR) is 134 cm³/mol. The minimum absolute atomic E-state index is 0.340. The minimum Gasteiger partial charge on any atom is -0.351 e. The van der Waals surface area contributed by atoms with Crippen molar-refractivity contribution in [1.82, 2.24) is 24.5 Å². The molecule has 0 atom stereocenters. The Labute approximate surface area is 198 Å². The molecule has 33 heavy (non-hydrogen) atoms. The SMILES string of the molecule is CCCCC1CCN(Nc2nc(NC3CCC(N)CC3)nc3c2ncn3C2CCCC2)CC1. The van der Waals surface area contributed by atoms with Crippen LogP contribution in [0, 0.1) is 5.92 Å². The molecule has 2 aromatic rings. The van der Waals surface area contributed by atoms with E-state index in [2.05, 4.69) is 27.2 Å². The maximum atomic E-state index is 6.12. The zero-order valence-corrected chi connectivity index (χ0v) is 20.3. The quantitative estimate of drug-likeness (QED) is 0.524. The fourth-order valence-electron chi connectivity index (χ4n) is 5.93. The highest BCUT2D eigenvalue weighted by Crippen LogP contribution is 2.34. The summed E-state index contributed by atoms with van der Waals surface area (Å²) in [5.41, 5.74) is 11.6. The van der Waals surface area contributed by atoms with E-state index in [1.165, 1.54) is 57.8 Å². The maximum absolute atomic E-state index is 6.12. The molecule has 0 spiro atoms. The maximum Gasteiger partial charge on any atom is 0.227 e. The summed E-state index contributed by atoms with van der Waals surface area (Å²) in [6.45, 7) is 4.41. The molecule has 3 heterocycles. The number of nitrogens with two attached hydrogens (primary N) is 1. The molecule has 182 valence electrons. The van der Waals surface area contributed by atoms with E-state index in [9.17, 15) is 0 Å². The lowest BCUT2D eigenvalue weighted by atomic mass is 9.92. The van der Waals surface area contributed by atoms with Crippen molar-refractivity contribution in [2.45, 2.75) is 109 Å². The third-order valence-corrected chi connectivity index (χ3v) is 8.09. The second-order valence-electron chi connectivity index (χ2n) is 10.6. The van der Waals surface area contributed by atoms with E-state index < -0.39 is 0 Å². The van der Waals surface area contributed by atoms with Crippen LogP contribution < -0.4 is 16.5 Å². The van der Waals surface area contributed by atoms with Gasteiger partial charge in [0.2, 0.25) is 5.95 Å². The van der Waals surface area contributed by atoms with Crippen molar-refractivity contribution in [3.05, 3.63) is 6.33 Å². The molecule has 3 fully saturated rings. The number of hydrogen-bond acceptors (Lipinski definition) is 7. The molecule has 0 amide bonds. The molecule has 0 bridgehead atoms. The Hall–Kier alpha value is -1.93. The monoisotopic (exact) mass is 454 g/mol. The lowest BCUT2D eigenvalue weighted by molar-refractivity contribution is 0.207. The molecule has 5 rings (SSSR count). The van der Waals surface area contributed by atoms with Crippen molar-refractivity contribution in [2.75, 3.05) is 23.8 Å². The third kappa shape index (κ3) is 5.43. The Morgan fingerprint density at radius 2 is 1.76 bits per heavy atom. The Morgan fingerprint density at radius 3 is 2.48 bits per heavy atom. The highest BCUT2D eigenvalue weighted by Gasteiger charge is 2.25. The molecule has 0 unspecified atom stereocenters. The smallest absolute Gasteiger partial charge is 0.227 e. The van der Waals surface area contributed by atoms with Crippen LogP contribution in [0.1, 0.15) is 96.4 Å². The first-order chi connectivity index (χ1) is 16.2. The first-order valence-corrected chi connectivity index (χ1v) is 13.5. The van der Waals surface area contributed by atoms with Gasteiger partial charge < -0.3 is 21.0 Å². The van der Waals surface area contributed by atoms with Crippen molar-refractivity contribution in [3.63, 3.8) is 0 Å². The van der Waals surface area contributed by atoms with Crippen LogP contribution >= 0.6 is 0 Å². The zero-order chi connectivity index (χ0) is 22.6. The molecule has 1 saturated heterocycles. The van der Waals surface area contributed by atoms with Gasteiger partial charge in [0.15, 0.2) is 17.0 Å². The first kappa shape index (κ1) is 22.8. The van der Waals surface area contributed by atoms with Crippen LogP contribution in [0.25, 0.3) is 11.2 Å². The summed E-state index contributed by atoms with van der Waals surface area (Å²) in [4.78, 5) is 14.7. The highest BCUT2D eigenvalue weighted by atomic mass is 15.5. The number of nitrogens with zero attached hydrogens (tertiary/aromatic N) is 5. The van der Waals surface area contributed by atoms with Crippen molar-refractivity contribution >= 4 is 22.9 Å². The fourth-order valence-corrected chi connectivity index (χ4v) is 5.93. The van der Waals surface area contributed by atoms with Gasteiger partial charge in [0.05, 0.1) is 6.33 Å². The molecule has 2 aromatic heterocycles. The van der Waals surface area contributed by atoms with Crippen LogP contribution in [0.5, 0.6) is 0 Å². The Kier molecular flexibility index (Phi) is 7.30. The summed E-state index contributed by atoms with van der Waals surface area (Å²) in [6, 6.07) is 1.24. The van der Waals surface area contributed by atoms with Crippen molar-refractivity contribution in [3.8, 4) is 0 Å². The largest absolute Gasteiger partial charge is 0.351 e. The number of rotatable bonds is 8. The third-order valence-electron chi connectivity index (χ3n) is 8.09. The summed E-state index contributed by atoms with van der Waals surface area (Å²) in [7, 11) is 0. The van der Waals surface area contributed by atoms with Gasteiger partial charge in [0.25, 0.3) is 0 Å². The topological polar surface area (TPSA) is 96.9 Å². The van der Waals surface area contributed by atoms with Gasteiger partial charge >= 0.3 is 0 Å². The van der Waals surface area contributed by atoms with Crippen molar-refractivity contribution in [1.29, 1.82) is 0 Å².